The van der Waals surface area contributed by atoms with Crippen LogP contribution in [0.3, 0.4) is 0 Å². The Morgan fingerprint density at radius 3 is 2.96 bits per heavy atom. The summed E-state index contributed by atoms with van der Waals surface area (Å²) < 4.78 is 5.47. The maximum atomic E-state index is 12.2. The largest absolute Gasteiger partial charge is 0.375 e. The summed E-state index contributed by atoms with van der Waals surface area (Å²) in [6, 6.07) is 7.01. The van der Waals surface area contributed by atoms with Crippen LogP contribution in [0.15, 0.2) is 24.3 Å². The third-order valence-electron chi connectivity index (χ3n) is 3.36. The minimum atomic E-state index is -0.388. The van der Waals surface area contributed by atoms with Gasteiger partial charge >= 0.3 is 0 Å². The zero-order chi connectivity index (χ0) is 15.5. The molecule has 9 heteroatoms. The van der Waals surface area contributed by atoms with Gasteiger partial charge in [-0.25, -0.2) is 0 Å². The molecule has 1 saturated heterocycles. The van der Waals surface area contributed by atoms with Gasteiger partial charge in [0.25, 0.3) is 0 Å². The average Bonchev–Trinajstić information content (AvgIpc) is 2.96. The fraction of sp³-hybridized carbons (Fsp3) is 0.357. The number of carbonyl (C=O) groups excluding carboxylic acids is 1. The second-order valence-electron chi connectivity index (χ2n) is 4.89. The lowest BCUT2D eigenvalue weighted by molar-refractivity contribution is -0.123. The quantitative estimate of drug-likeness (QED) is 0.863. The number of aromatic nitrogens is 2. The van der Waals surface area contributed by atoms with Gasteiger partial charge in [-0.15, -0.1) is 22.6 Å². The summed E-state index contributed by atoms with van der Waals surface area (Å²) in [4.78, 5) is 12.2. The molecule has 0 unspecified atom stereocenters. The Balaban J connectivity index is 0.00000192. The third kappa shape index (κ3) is 4.19. The van der Waals surface area contributed by atoms with Crippen LogP contribution in [-0.4, -0.2) is 41.4 Å². The van der Waals surface area contributed by atoms with Crippen molar-refractivity contribution in [2.75, 3.05) is 18.5 Å². The second kappa shape index (κ2) is 8.03. The molecule has 1 aromatic heterocycles. The van der Waals surface area contributed by atoms with E-state index in [0.29, 0.717) is 28.3 Å². The van der Waals surface area contributed by atoms with Crippen LogP contribution in [0.2, 0.25) is 5.02 Å². The van der Waals surface area contributed by atoms with E-state index in [2.05, 4.69) is 20.8 Å². The lowest BCUT2D eigenvalue weighted by atomic mass is 10.1. The highest BCUT2D eigenvalue weighted by atomic mass is 35.5. The number of nitrogens with zero attached hydrogens (tertiary/aromatic N) is 2. The average molecular weight is 375 g/mol. The molecule has 1 fully saturated rings. The van der Waals surface area contributed by atoms with E-state index in [1.54, 1.807) is 6.07 Å². The molecule has 0 radical (unpaired) electrons. The van der Waals surface area contributed by atoms with Crippen LogP contribution in [0.25, 0.3) is 10.6 Å². The summed E-state index contributed by atoms with van der Waals surface area (Å²) in [6.07, 6.45) is -0.176. The van der Waals surface area contributed by atoms with Crippen molar-refractivity contribution in [2.24, 2.45) is 0 Å². The number of morpholine rings is 1. The smallest absolute Gasteiger partial charge is 0.246 e. The lowest BCUT2D eigenvalue weighted by Crippen LogP contribution is -2.53. The van der Waals surface area contributed by atoms with E-state index >= 15 is 0 Å². The van der Waals surface area contributed by atoms with Crippen molar-refractivity contribution >= 4 is 46.4 Å². The number of rotatable bonds is 3. The van der Waals surface area contributed by atoms with E-state index in [4.69, 9.17) is 16.3 Å². The molecule has 2 N–H and O–H groups in total. The Bertz CT molecular complexity index is 682. The molecule has 1 aliphatic rings. The summed E-state index contributed by atoms with van der Waals surface area (Å²) >= 11 is 7.43. The SMILES string of the molecule is C[C@H]1OCCN[C@@H]1C(=O)Nc1nnc(-c2ccccc2Cl)s1.Cl. The molecule has 2 atom stereocenters. The molecular formula is C14H16Cl2N4O2S. The fourth-order valence-electron chi connectivity index (χ4n) is 2.23. The summed E-state index contributed by atoms with van der Waals surface area (Å²) in [6.45, 7) is 3.13. The highest BCUT2D eigenvalue weighted by Crippen LogP contribution is 2.31. The minimum Gasteiger partial charge on any atom is -0.375 e. The molecule has 0 spiro atoms. The topological polar surface area (TPSA) is 76.1 Å². The molecule has 1 amide bonds. The van der Waals surface area contributed by atoms with Crippen LogP contribution in [0, 0.1) is 0 Å². The molecular weight excluding hydrogens is 359 g/mol. The van der Waals surface area contributed by atoms with Crippen LogP contribution in [-0.2, 0) is 9.53 Å². The number of nitrogens with one attached hydrogen (secondary N) is 2. The predicted octanol–water partition coefficient (Wildman–Crippen LogP) is 2.60. The molecule has 0 saturated carbocycles. The summed E-state index contributed by atoms with van der Waals surface area (Å²) in [7, 11) is 0. The number of benzene rings is 1. The van der Waals surface area contributed by atoms with Gasteiger partial charge in [-0.1, -0.05) is 41.1 Å². The van der Waals surface area contributed by atoms with Crippen LogP contribution in [0.5, 0.6) is 0 Å². The first-order chi connectivity index (χ1) is 10.6. The van der Waals surface area contributed by atoms with Gasteiger partial charge in [-0.05, 0) is 13.0 Å². The van der Waals surface area contributed by atoms with Gasteiger partial charge in [0, 0.05) is 12.1 Å². The predicted molar refractivity (Wildman–Crippen MR) is 93.4 cm³/mol. The first-order valence-electron chi connectivity index (χ1n) is 6.89. The Morgan fingerprint density at radius 2 is 2.22 bits per heavy atom. The molecule has 2 heterocycles. The van der Waals surface area contributed by atoms with Gasteiger partial charge in [0.1, 0.15) is 6.04 Å². The van der Waals surface area contributed by atoms with E-state index < -0.39 is 0 Å². The highest BCUT2D eigenvalue weighted by Gasteiger charge is 2.29. The maximum Gasteiger partial charge on any atom is 0.246 e. The van der Waals surface area contributed by atoms with Gasteiger partial charge in [0.05, 0.1) is 17.7 Å². The van der Waals surface area contributed by atoms with Gasteiger partial charge < -0.3 is 10.1 Å². The molecule has 124 valence electrons. The monoisotopic (exact) mass is 374 g/mol. The maximum absolute atomic E-state index is 12.2. The number of carbonyl (C=O) groups is 1. The molecule has 1 aliphatic heterocycles. The Kier molecular flexibility index (Phi) is 6.32. The minimum absolute atomic E-state index is 0. The van der Waals surface area contributed by atoms with Crippen LogP contribution in [0.1, 0.15) is 6.92 Å². The molecule has 23 heavy (non-hydrogen) atoms. The summed E-state index contributed by atoms with van der Waals surface area (Å²) in [5.41, 5.74) is 0.801. The zero-order valence-corrected chi connectivity index (χ0v) is 14.7. The van der Waals surface area contributed by atoms with Crippen LogP contribution < -0.4 is 10.6 Å². The molecule has 0 aliphatic carbocycles. The van der Waals surface area contributed by atoms with Crippen molar-refractivity contribution in [1.29, 1.82) is 0 Å². The van der Waals surface area contributed by atoms with Crippen molar-refractivity contribution in [2.45, 2.75) is 19.1 Å². The number of amides is 1. The second-order valence-corrected chi connectivity index (χ2v) is 6.27. The fourth-order valence-corrected chi connectivity index (χ4v) is 3.29. The summed E-state index contributed by atoms with van der Waals surface area (Å²) in [5, 5.41) is 15.7. The van der Waals surface area contributed by atoms with Crippen LogP contribution in [0.4, 0.5) is 5.13 Å². The standard InChI is InChI=1S/C14H15ClN4O2S.ClH/c1-8-11(16-6-7-21-8)12(20)17-14-19-18-13(22-14)9-4-2-3-5-10(9)15;/h2-5,8,11,16H,6-7H2,1H3,(H,17,19,20);1H/t8-,11+;/m1./s1. The van der Waals surface area contributed by atoms with E-state index in [1.807, 2.05) is 25.1 Å². The Morgan fingerprint density at radius 1 is 1.43 bits per heavy atom. The van der Waals surface area contributed by atoms with Crippen molar-refractivity contribution in [1.82, 2.24) is 15.5 Å². The van der Waals surface area contributed by atoms with Gasteiger partial charge in [0.2, 0.25) is 11.0 Å². The Labute approximate surface area is 149 Å². The number of anilines is 1. The third-order valence-corrected chi connectivity index (χ3v) is 4.56. The number of halogens is 2. The molecule has 0 bridgehead atoms. The van der Waals surface area contributed by atoms with Gasteiger partial charge in [-0.2, -0.15) is 0 Å². The van der Waals surface area contributed by atoms with Gasteiger partial charge in [0.15, 0.2) is 5.01 Å². The van der Waals surface area contributed by atoms with Crippen molar-refractivity contribution in [3.8, 4) is 10.6 Å². The molecule has 6 nitrogen and oxygen atoms in total. The van der Waals surface area contributed by atoms with E-state index in [9.17, 15) is 4.79 Å². The first kappa shape index (κ1) is 18.1. The van der Waals surface area contributed by atoms with Crippen molar-refractivity contribution < 1.29 is 9.53 Å². The summed E-state index contributed by atoms with van der Waals surface area (Å²) in [5.74, 6) is -0.172. The highest BCUT2D eigenvalue weighted by molar-refractivity contribution is 7.18. The van der Waals surface area contributed by atoms with E-state index in [-0.39, 0.29) is 30.5 Å². The van der Waals surface area contributed by atoms with Gasteiger partial charge in [-0.3, -0.25) is 10.1 Å². The van der Waals surface area contributed by atoms with E-state index in [0.717, 1.165) is 5.56 Å². The Hall–Kier alpha value is -1.25. The lowest BCUT2D eigenvalue weighted by Gasteiger charge is -2.28. The number of ether oxygens (including phenoxy) is 1. The normalized spacial score (nSPS) is 20.6. The molecule has 2 aromatic rings. The molecule has 3 rings (SSSR count). The van der Waals surface area contributed by atoms with E-state index in [1.165, 1.54) is 11.3 Å². The van der Waals surface area contributed by atoms with Crippen molar-refractivity contribution in [3.05, 3.63) is 29.3 Å². The first-order valence-corrected chi connectivity index (χ1v) is 8.09. The van der Waals surface area contributed by atoms with Crippen molar-refractivity contribution in [3.63, 3.8) is 0 Å². The van der Waals surface area contributed by atoms with Crippen LogP contribution >= 0.6 is 35.3 Å². The number of hydrogen-bond acceptors (Lipinski definition) is 6. The number of hydrogen-bond donors (Lipinski definition) is 2. The zero-order valence-electron chi connectivity index (χ0n) is 12.3. The molecule has 1 aromatic carbocycles.